The molecule has 1 heterocycles. The van der Waals surface area contributed by atoms with E-state index in [0.29, 0.717) is 16.8 Å². The number of nitrogens with zero attached hydrogens (tertiary/aromatic N) is 2. The second-order valence-corrected chi connectivity index (χ2v) is 7.98. The van der Waals surface area contributed by atoms with Gasteiger partial charge in [0.25, 0.3) is 0 Å². The van der Waals surface area contributed by atoms with Crippen LogP contribution in [0, 0.1) is 0 Å². The molecule has 0 bridgehead atoms. The first-order chi connectivity index (χ1) is 7.94. The van der Waals surface area contributed by atoms with Gasteiger partial charge in [0.15, 0.2) is 0 Å². The largest absolute Gasteiger partial charge is 0.300 e. The Hall–Kier alpha value is -0.620. The molecule has 0 aromatic carbocycles. The smallest absolute Gasteiger partial charge is 0.236 e. The lowest BCUT2D eigenvalue weighted by Gasteiger charge is -2.16. The third-order valence-electron chi connectivity index (χ3n) is 2.25. The number of thioether (sulfide) groups is 1. The van der Waals surface area contributed by atoms with Crippen LogP contribution < -0.4 is 5.32 Å². The van der Waals surface area contributed by atoms with Crippen molar-refractivity contribution in [3.05, 3.63) is 5.01 Å². The highest BCUT2D eigenvalue weighted by Crippen LogP contribution is 2.42. The van der Waals surface area contributed by atoms with Crippen molar-refractivity contribution in [2.45, 2.75) is 44.3 Å². The molecule has 1 amide bonds. The third-order valence-corrected chi connectivity index (χ3v) is 4.52. The third kappa shape index (κ3) is 4.27. The number of aromatic nitrogens is 2. The van der Waals surface area contributed by atoms with E-state index in [0.717, 1.165) is 5.01 Å². The highest BCUT2D eigenvalue weighted by Gasteiger charge is 2.27. The van der Waals surface area contributed by atoms with E-state index >= 15 is 0 Å². The van der Waals surface area contributed by atoms with Gasteiger partial charge in [0.1, 0.15) is 5.01 Å². The Balaban J connectivity index is 1.80. The Labute approximate surface area is 110 Å². The van der Waals surface area contributed by atoms with E-state index in [4.69, 9.17) is 0 Å². The molecule has 94 valence electrons. The summed E-state index contributed by atoms with van der Waals surface area (Å²) < 4.78 is 0.109. The van der Waals surface area contributed by atoms with Crippen molar-refractivity contribution in [2.75, 3.05) is 11.1 Å². The van der Waals surface area contributed by atoms with E-state index in [-0.39, 0.29) is 10.7 Å². The summed E-state index contributed by atoms with van der Waals surface area (Å²) in [5.74, 6) is 1.06. The molecule has 0 aliphatic heterocycles. The highest BCUT2D eigenvalue weighted by atomic mass is 32.2. The van der Waals surface area contributed by atoms with Crippen molar-refractivity contribution in [1.29, 1.82) is 0 Å². The van der Waals surface area contributed by atoms with Gasteiger partial charge in [-0.3, -0.25) is 10.1 Å². The van der Waals surface area contributed by atoms with Gasteiger partial charge in [-0.1, -0.05) is 32.1 Å². The molecule has 0 atom stereocenters. The van der Waals surface area contributed by atoms with Gasteiger partial charge < -0.3 is 0 Å². The molecule has 1 aromatic rings. The Morgan fingerprint density at radius 3 is 2.76 bits per heavy atom. The van der Waals surface area contributed by atoms with E-state index in [1.165, 1.54) is 24.2 Å². The van der Waals surface area contributed by atoms with Gasteiger partial charge in [-0.2, -0.15) is 0 Å². The Morgan fingerprint density at radius 1 is 1.47 bits per heavy atom. The number of nitrogens with one attached hydrogen (secondary N) is 1. The summed E-state index contributed by atoms with van der Waals surface area (Å²) in [6, 6.07) is 0. The molecule has 1 aromatic heterocycles. The maximum atomic E-state index is 11.7. The first kappa shape index (κ1) is 12.8. The average molecular weight is 271 g/mol. The fraction of sp³-hybridized carbons (Fsp3) is 0.727. The van der Waals surface area contributed by atoms with Gasteiger partial charge in [0, 0.05) is 10.7 Å². The van der Waals surface area contributed by atoms with Gasteiger partial charge in [-0.05, 0) is 12.8 Å². The minimum Gasteiger partial charge on any atom is -0.300 e. The lowest BCUT2D eigenvalue weighted by atomic mass is 10.3. The maximum Gasteiger partial charge on any atom is 0.236 e. The number of amides is 1. The molecule has 0 spiro atoms. The zero-order valence-electron chi connectivity index (χ0n) is 10.3. The number of anilines is 1. The zero-order chi connectivity index (χ0) is 12.5. The Bertz CT molecular complexity index is 407. The predicted molar refractivity (Wildman–Crippen MR) is 72.7 cm³/mol. The molecule has 1 aliphatic rings. The fourth-order valence-electron chi connectivity index (χ4n) is 1.22. The monoisotopic (exact) mass is 271 g/mol. The maximum absolute atomic E-state index is 11.7. The van der Waals surface area contributed by atoms with Crippen LogP contribution in [-0.4, -0.2) is 26.6 Å². The van der Waals surface area contributed by atoms with Crippen LogP contribution in [0.15, 0.2) is 0 Å². The summed E-state index contributed by atoms with van der Waals surface area (Å²) in [6.07, 6.45) is 2.42. The van der Waals surface area contributed by atoms with E-state index in [1.54, 1.807) is 11.8 Å². The lowest BCUT2D eigenvalue weighted by molar-refractivity contribution is -0.113. The molecule has 1 aliphatic carbocycles. The standard InChI is InChI=1S/C11H17N3OS2/c1-11(2,3)16-6-8(15)12-10-14-13-9(17-10)7-4-5-7/h7H,4-6H2,1-3H3,(H,12,14,15). The topological polar surface area (TPSA) is 54.9 Å². The summed E-state index contributed by atoms with van der Waals surface area (Å²) >= 11 is 3.13. The van der Waals surface area contributed by atoms with Gasteiger partial charge in [0.05, 0.1) is 5.75 Å². The molecular formula is C11H17N3OS2. The minimum atomic E-state index is 0.00317. The second kappa shape index (κ2) is 4.94. The molecule has 4 nitrogen and oxygen atoms in total. The molecule has 0 saturated heterocycles. The molecule has 1 saturated carbocycles. The number of hydrogen-bond acceptors (Lipinski definition) is 5. The van der Waals surface area contributed by atoms with Crippen LogP contribution in [0.3, 0.4) is 0 Å². The summed E-state index contributed by atoms with van der Waals surface area (Å²) in [4.78, 5) is 11.7. The molecule has 6 heteroatoms. The summed E-state index contributed by atoms with van der Waals surface area (Å²) in [6.45, 7) is 6.29. The minimum absolute atomic E-state index is 0.00317. The molecule has 1 fully saturated rings. The van der Waals surface area contributed by atoms with Gasteiger partial charge in [0.2, 0.25) is 11.0 Å². The van der Waals surface area contributed by atoms with Crippen LogP contribution >= 0.6 is 23.1 Å². The SMILES string of the molecule is CC(C)(C)SCC(=O)Nc1nnc(C2CC2)s1. The van der Waals surface area contributed by atoms with Crippen molar-refractivity contribution in [3.63, 3.8) is 0 Å². The van der Waals surface area contributed by atoms with Crippen LogP contribution in [0.4, 0.5) is 5.13 Å². The predicted octanol–water partition coefficient (Wildman–Crippen LogP) is 2.89. The van der Waals surface area contributed by atoms with E-state index in [2.05, 4.69) is 36.3 Å². The Morgan fingerprint density at radius 2 is 2.18 bits per heavy atom. The molecule has 2 rings (SSSR count). The van der Waals surface area contributed by atoms with E-state index < -0.39 is 0 Å². The Kier molecular flexibility index (Phi) is 3.73. The van der Waals surface area contributed by atoms with E-state index in [9.17, 15) is 4.79 Å². The lowest BCUT2D eigenvalue weighted by Crippen LogP contribution is -2.18. The summed E-state index contributed by atoms with van der Waals surface area (Å²) in [5, 5.41) is 12.6. The van der Waals surface area contributed by atoms with Crippen LogP contribution in [0.25, 0.3) is 0 Å². The van der Waals surface area contributed by atoms with Crippen molar-refractivity contribution >= 4 is 34.1 Å². The van der Waals surface area contributed by atoms with Crippen LogP contribution in [-0.2, 0) is 4.79 Å². The summed E-state index contributed by atoms with van der Waals surface area (Å²) in [7, 11) is 0. The van der Waals surface area contributed by atoms with Crippen molar-refractivity contribution in [3.8, 4) is 0 Å². The molecular weight excluding hydrogens is 254 g/mol. The number of carbonyl (C=O) groups is 1. The normalized spacial score (nSPS) is 15.9. The second-order valence-electron chi connectivity index (χ2n) is 5.17. The molecule has 17 heavy (non-hydrogen) atoms. The molecule has 0 unspecified atom stereocenters. The molecule has 1 N–H and O–H groups in total. The van der Waals surface area contributed by atoms with Crippen molar-refractivity contribution < 1.29 is 4.79 Å². The van der Waals surface area contributed by atoms with Crippen LogP contribution in [0.1, 0.15) is 44.5 Å². The van der Waals surface area contributed by atoms with Gasteiger partial charge in [-0.25, -0.2) is 0 Å². The van der Waals surface area contributed by atoms with Crippen LogP contribution in [0.2, 0.25) is 0 Å². The van der Waals surface area contributed by atoms with Crippen LogP contribution in [0.5, 0.6) is 0 Å². The summed E-state index contributed by atoms with van der Waals surface area (Å²) in [5.41, 5.74) is 0. The van der Waals surface area contributed by atoms with Gasteiger partial charge >= 0.3 is 0 Å². The van der Waals surface area contributed by atoms with Crippen molar-refractivity contribution in [2.24, 2.45) is 0 Å². The zero-order valence-corrected chi connectivity index (χ0v) is 12.0. The number of carbonyl (C=O) groups excluding carboxylic acids is 1. The number of rotatable bonds is 4. The average Bonchev–Trinajstić information content (AvgIpc) is 2.97. The first-order valence-electron chi connectivity index (χ1n) is 5.71. The van der Waals surface area contributed by atoms with Gasteiger partial charge in [-0.15, -0.1) is 22.0 Å². The van der Waals surface area contributed by atoms with Crippen molar-refractivity contribution in [1.82, 2.24) is 10.2 Å². The van der Waals surface area contributed by atoms with E-state index in [1.807, 2.05) is 0 Å². The quantitative estimate of drug-likeness (QED) is 0.915. The fourth-order valence-corrected chi connectivity index (χ4v) is 2.78. The molecule has 0 radical (unpaired) electrons. The number of hydrogen-bond donors (Lipinski definition) is 1. The highest BCUT2D eigenvalue weighted by molar-refractivity contribution is 8.01. The first-order valence-corrected chi connectivity index (χ1v) is 7.51.